The molecule has 1 aliphatic rings. The number of rotatable bonds is 1. The van der Waals surface area contributed by atoms with E-state index in [1.807, 2.05) is 6.07 Å². The van der Waals surface area contributed by atoms with Gasteiger partial charge in [0.1, 0.15) is 17.6 Å². The first-order valence-electron chi connectivity index (χ1n) is 5.69. The molecule has 1 atom stereocenters. The Morgan fingerprint density at radius 2 is 2.29 bits per heavy atom. The lowest BCUT2D eigenvalue weighted by Gasteiger charge is -2.24. The van der Waals surface area contributed by atoms with Gasteiger partial charge in [-0.05, 0) is 31.4 Å². The van der Waals surface area contributed by atoms with Crippen LogP contribution in [0.1, 0.15) is 25.5 Å². The van der Waals surface area contributed by atoms with Crippen LogP contribution in [0.4, 0.5) is 4.39 Å². The fourth-order valence-corrected chi connectivity index (χ4v) is 2.67. The zero-order valence-corrected chi connectivity index (χ0v) is 10.8. The molecule has 3 nitrogen and oxygen atoms in total. The SMILES string of the molecule is Fc1cc(Br)cc2ncn(C3CCCCO3)c12. The summed E-state index contributed by atoms with van der Waals surface area (Å²) in [4.78, 5) is 4.23. The third-order valence-corrected chi connectivity index (χ3v) is 3.51. The van der Waals surface area contributed by atoms with Crippen molar-refractivity contribution in [3.8, 4) is 0 Å². The molecule has 1 aromatic carbocycles. The van der Waals surface area contributed by atoms with Crippen molar-refractivity contribution in [1.82, 2.24) is 9.55 Å². The van der Waals surface area contributed by atoms with Crippen LogP contribution in [0.15, 0.2) is 22.9 Å². The van der Waals surface area contributed by atoms with Crippen LogP contribution in [0.25, 0.3) is 11.0 Å². The van der Waals surface area contributed by atoms with Gasteiger partial charge in [0.05, 0.1) is 11.8 Å². The molecule has 1 aliphatic heterocycles. The van der Waals surface area contributed by atoms with Crippen molar-refractivity contribution in [3.63, 3.8) is 0 Å². The highest BCUT2D eigenvalue weighted by molar-refractivity contribution is 9.10. The van der Waals surface area contributed by atoms with Crippen LogP contribution in [0.5, 0.6) is 0 Å². The van der Waals surface area contributed by atoms with E-state index in [0.29, 0.717) is 15.5 Å². The van der Waals surface area contributed by atoms with Crippen molar-refractivity contribution in [2.75, 3.05) is 6.61 Å². The monoisotopic (exact) mass is 298 g/mol. The number of hydrogen-bond donors (Lipinski definition) is 0. The number of ether oxygens (including phenoxy) is 1. The first kappa shape index (κ1) is 11.2. The highest BCUT2D eigenvalue weighted by Gasteiger charge is 2.19. The molecule has 2 aromatic rings. The fraction of sp³-hybridized carbons (Fsp3) is 0.417. The largest absolute Gasteiger partial charge is 0.358 e. The van der Waals surface area contributed by atoms with Crippen LogP contribution in [-0.4, -0.2) is 16.2 Å². The fourth-order valence-electron chi connectivity index (χ4n) is 2.25. The first-order valence-corrected chi connectivity index (χ1v) is 6.48. The number of hydrogen-bond acceptors (Lipinski definition) is 2. The van der Waals surface area contributed by atoms with Gasteiger partial charge < -0.3 is 9.30 Å². The third-order valence-electron chi connectivity index (χ3n) is 3.05. The second-order valence-corrected chi connectivity index (χ2v) is 5.14. The molecule has 1 saturated heterocycles. The summed E-state index contributed by atoms with van der Waals surface area (Å²) in [6.07, 6.45) is 4.70. The summed E-state index contributed by atoms with van der Waals surface area (Å²) in [5.74, 6) is -0.263. The topological polar surface area (TPSA) is 27.1 Å². The third kappa shape index (κ3) is 1.98. The molecule has 5 heteroatoms. The molecule has 1 fully saturated rings. The molecule has 17 heavy (non-hydrogen) atoms. The van der Waals surface area contributed by atoms with Gasteiger partial charge in [-0.15, -0.1) is 0 Å². The van der Waals surface area contributed by atoms with Gasteiger partial charge in [0.25, 0.3) is 0 Å². The Balaban J connectivity index is 2.10. The van der Waals surface area contributed by atoms with Crippen LogP contribution in [0.2, 0.25) is 0 Å². The maximum Gasteiger partial charge on any atom is 0.150 e. The van der Waals surface area contributed by atoms with E-state index in [1.165, 1.54) is 6.07 Å². The summed E-state index contributed by atoms with van der Waals surface area (Å²) in [5.41, 5.74) is 1.19. The Morgan fingerprint density at radius 1 is 1.41 bits per heavy atom. The van der Waals surface area contributed by atoms with Crippen molar-refractivity contribution in [2.45, 2.75) is 25.5 Å². The molecule has 0 bridgehead atoms. The minimum atomic E-state index is -0.263. The van der Waals surface area contributed by atoms with E-state index in [-0.39, 0.29) is 12.0 Å². The number of benzene rings is 1. The average molecular weight is 299 g/mol. The van der Waals surface area contributed by atoms with E-state index in [4.69, 9.17) is 4.74 Å². The van der Waals surface area contributed by atoms with Crippen LogP contribution >= 0.6 is 15.9 Å². The molecule has 0 aliphatic carbocycles. The molecule has 0 N–H and O–H groups in total. The zero-order valence-electron chi connectivity index (χ0n) is 9.20. The van der Waals surface area contributed by atoms with Crippen LogP contribution < -0.4 is 0 Å². The molecule has 0 amide bonds. The van der Waals surface area contributed by atoms with Crippen LogP contribution in [0, 0.1) is 5.82 Å². The van der Waals surface area contributed by atoms with Gasteiger partial charge in [0.2, 0.25) is 0 Å². The summed E-state index contributed by atoms with van der Waals surface area (Å²) in [5, 5.41) is 0. The number of halogens is 2. The van der Waals surface area contributed by atoms with Crippen molar-refractivity contribution in [3.05, 3.63) is 28.7 Å². The minimum absolute atomic E-state index is 0.0792. The molecule has 1 unspecified atom stereocenters. The van der Waals surface area contributed by atoms with Gasteiger partial charge in [-0.2, -0.15) is 0 Å². The van der Waals surface area contributed by atoms with Gasteiger partial charge in [-0.25, -0.2) is 9.37 Å². The van der Waals surface area contributed by atoms with Crippen molar-refractivity contribution in [1.29, 1.82) is 0 Å². The summed E-state index contributed by atoms with van der Waals surface area (Å²) < 4.78 is 22.1. The number of fused-ring (bicyclic) bond motifs is 1. The maximum atomic E-state index is 13.9. The number of nitrogens with zero attached hydrogens (tertiary/aromatic N) is 2. The second-order valence-electron chi connectivity index (χ2n) is 4.23. The molecule has 0 spiro atoms. The van der Waals surface area contributed by atoms with Crippen LogP contribution in [-0.2, 0) is 4.74 Å². The second kappa shape index (κ2) is 4.38. The van der Waals surface area contributed by atoms with Crippen molar-refractivity contribution >= 4 is 27.0 Å². The van der Waals surface area contributed by atoms with Crippen LogP contribution in [0.3, 0.4) is 0 Å². The van der Waals surface area contributed by atoms with Gasteiger partial charge in [-0.3, -0.25) is 0 Å². The Hall–Kier alpha value is -0.940. The van der Waals surface area contributed by atoms with Crippen molar-refractivity contribution in [2.24, 2.45) is 0 Å². The lowest BCUT2D eigenvalue weighted by Crippen LogP contribution is -2.17. The van der Waals surface area contributed by atoms with E-state index in [2.05, 4.69) is 20.9 Å². The molecule has 0 radical (unpaired) electrons. The smallest absolute Gasteiger partial charge is 0.150 e. The lowest BCUT2D eigenvalue weighted by molar-refractivity contribution is -0.0297. The Kier molecular flexibility index (Phi) is 2.88. The Labute approximate surface area is 107 Å². The van der Waals surface area contributed by atoms with E-state index in [1.54, 1.807) is 10.9 Å². The van der Waals surface area contributed by atoms with E-state index < -0.39 is 0 Å². The summed E-state index contributed by atoms with van der Waals surface area (Å²) in [6.45, 7) is 0.739. The quantitative estimate of drug-likeness (QED) is 0.804. The average Bonchev–Trinajstić information content (AvgIpc) is 2.74. The summed E-state index contributed by atoms with van der Waals surface area (Å²) in [7, 11) is 0. The zero-order chi connectivity index (χ0) is 11.8. The van der Waals surface area contributed by atoms with Crippen molar-refractivity contribution < 1.29 is 9.13 Å². The molecule has 2 heterocycles. The molecule has 3 rings (SSSR count). The molecule has 90 valence electrons. The van der Waals surface area contributed by atoms with Gasteiger partial charge in [-0.1, -0.05) is 15.9 Å². The minimum Gasteiger partial charge on any atom is -0.358 e. The predicted molar refractivity (Wildman–Crippen MR) is 66.2 cm³/mol. The normalized spacial score (nSPS) is 20.9. The first-order chi connectivity index (χ1) is 8.25. The molecular weight excluding hydrogens is 287 g/mol. The molecule has 1 aromatic heterocycles. The molecular formula is C12H12BrFN2O. The number of aromatic nitrogens is 2. The number of imidazole rings is 1. The molecule has 0 saturated carbocycles. The maximum absolute atomic E-state index is 13.9. The van der Waals surface area contributed by atoms with E-state index in [0.717, 1.165) is 25.9 Å². The predicted octanol–water partition coefficient (Wildman–Crippen LogP) is 3.64. The summed E-state index contributed by atoms with van der Waals surface area (Å²) >= 11 is 3.27. The Bertz CT molecular complexity index is 549. The standard InChI is InChI=1S/C12H12BrFN2O/c13-8-5-9(14)12-10(6-8)15-7-16(12)11-3-1-2-4-17-11/h5-7,11H,1-4H2. The van der Waals surface area contributed by atoms with E-state index >= 15 is 0 Å². The highest BCUT2D eigenvalue weighted by Crippen LogP contribution is 2.29. The van der Waals surface area contributed by atoms with Gasteiger partial charge in [0, 0.05) is 11.1 Å². The highest BCUT2D eigenvalue weighted by atomic mass is 79.9. The van der Waals surface area contributed by atoms with E-state index in [9.17, 15) is 4.39 Å². The Morgan fingerprint density at radius 3 is 3.06 bits per heavy atom. The summed E-state index contributed by atoms with van der Waals surface area (Å²) in [6, 6.07) is 3.28. The van der Waals surface area contributed by atoms with Gasteiger partial charge in [0.15, 0.2) is 0 Å². The van der Waals surface area contributed by atoms with Gasteiger partial charge >= 0.3 is 0 Å². The lowest BCUT2D eigenvalue weighted by atomic mass is 10.2.